The van der Waals surface area contributed by atoms with Crippen molar-refractivity contribution in [1.29, 1.82) is 0 Å². The lowest BCUT2D eigenvalue weighted by atomic mass is 10.2. The standard InChI is InChI=1S/C12H24BrN/c1-5-12(4)14(11(2)3)10-8-6-7-9-13/h5,11H,6-10H2,1-4H3. The fourth-order valence-corrected chi connectivity index (χ4v) is 1.96. The Hall–Kier alpha value is 0.0200. The van der Waals surface area contributed by atoms with Crippen LogP contribution < -0.4 is 0 Å². The molecule has 0 saturated heterocycles. The molecule has 0 aromatic carbocycles. The van der Waals surface area contributed by atoms with Gasteiger partial charge in [0.25, 0.3) is 0 Å². The predicted molar refractivity (Wildman–Crippen MR) is 68.9 cm³/mol. The van der Waals surface area contributed by atoms with Crippen LogP contribution >= 0.6 is 15.9 Å². The molecule has 0 aromatic rings. The smallest absolute Gasteiger partial charge is 0.0230 e. The molecule has 14 heavy (non-hydrogen) atoms. The summed E-state index contributed by atoms with van der Waals surface area (Å²) in [6, 6.07) is 0.621. The first-order valence-corrected chi connectivity index (χ1v) is 6.71. The molecule has 0 fully saturated rings. The first kappa shape index (κ1) is 14.0. The predicted octanol–water partition coefficient (Wildman–Crippen LogP) is 4.19. The van der Waals surface area contributed by atoms with Crippen LogP contribution in [0.4, 0.5) is 0 Å². The second-order valence-corrected chi connectivity index (χ2v) is 4.76. The number of nitrogens with zero attached hydrogens (tertiary/aromatic N) is 1. The fraction of sp³-hybridized carbons (Fsp3) is 0.833. The number of rotatable bonds is 7. The van der Waals surface area contributed by atoms with E-state index in [0.29, 0.717) is 6.04 Å². The summed E-state index contributed by atoms with van der Waals surface area (Å²) in [5.41, 5.74) is 1.40. The maximum Gasteiger partial charge on any atom is 0.0230 e. The Morgan fingerprint density at radius 3 is 2.36 bits per heavy atom. The minimum Gasteiger partial charge on any atom is -0.373 e. The van der Waals surface area contributed by atoms with Gasteiger partial charge < -0.3 is 4.90 Å². The van der Waals surface area contributed by atoms with Gasteiger partial charge >= 0.3 is 0 Å². The van der Waals surface area contributed by atoms with Gasteiger partial charge in [-0.15, -0.1) is 0 Å². The summed E-state index contributed by atoms with van der Waals surface area (Å²) in [5, 5.41) is 1.14. The van der Waals surface area contributed by atoms with Crippen molar-refractivity contribution in [2.24, 2.45) is 0 Å². The zero-order valence-corrected chi connectivity index (χ0v) is 11.6. The van der Waals surface area contributed by atoms with E-state index in [0.717, 1.165) is 5.33 Å². The monoisotopic (exact) mass is 261 g/mol. The lowest BCUT2D eigenvalue weighted by molar-refractivity contribution is 0.277. The average molecular weight is 262 g/mol. The normalized spacial score (nSPS) is 12.3. The van der Waals surface area contributed by atoms with E-state index in [4.69, 9.17) is 0 Å². The van der Waals surface area contributed by atoms with Crippen LogP contribution in [0.5, 0.6) is 0 Å². The molecule has 0 aliphatic heterocycles. The summed E-state index contributed by atoms with van der Waals surface area (Å²) < 4.78 is 0. The number of hydrogen-bond acceptors (Lipinski definition) is 1. The van der Waals surface area contributed by atoms with E-state index in [9.17, 15) is 0 Å². The van der Waals surface area contributed by atoms with Crippen LogP contribution in [-0.2, 0) is 0 Å². The SMILES string of the molecule is CC=C(C)N(CCCCCBr)C(C)C. The Morgan fingerprint density at radius 1 is 1.29 bits per heavy atom. The van der Waals surface area contributed by atoms with Crippen LogP contribution in [0.1, 0.15) is 47.0 Å². The average Bonchev–Trinajstić information content (AvgIpc) is 2.16. The highest BCUT2D eigenvalue weighted by molar-refractivity contribution is 9.09. The third-order valence-electron chi connectivity index (χ3n) is 2.53. The van der Waals surface area contributed by atoms with Gasteiger partial charge in [-0.25, -0.2) is 0 Å². The van der Waals surface area contributed by atoms with Gasteiger partial charge in [-0.2, -0.15) is 0 Å². The summed E-state index contributed by atoms with van der Waals surface area (Å²) in [6.07, 6.45) is 6.12. The summed E-state index contributed by atoms with van der Waals surface area (Å²) in [4.78, 5) is 2.48. The molecule has 0 heterocycles. The van der Waals surface area contributed by atoms with Gasteiger partial charge in [0.2, 0.25) is 0 Å². The zero-order chi connectivity index (χ0) is 11.0. The minimum absolute atomic E-state index is 0.621. The molecule has 0 bridgehead atoms. The second kappa shape index (κ2) is 8.34. The third-order valence-corrected chi connectivity index (χ3v) is 3.09. The molecule has 0 aliphatic carbocycles. The maximum atomic E-state index is 3.46. The molecule has 1 nitrogen and oxygen atoms in total. The van der Waals surface area contributed by atoms with Crippen molar-refractivity contribution >= 4 is 15.9 Å². The number of hydrogen-bond donors (Lipinski definition) is 0. The van der Waals surface area contributed by atoms with Gasteiger partial charge in [-0.05, 0) is 40.5 Å². The second-order valence-electron chi connectivity index (χ2n) is 3.97. The van der Waals surface area contributed by atoms with Gasteiger partial charge in [-0.3, -0.25) is 0 Å². The fourth-order valence-electron chi connectivity index (χ4n) is 1.56. The Bertz CT molecular complexity index is 164. The molecule has 0 unspecified atom stereocenters. The Kier molecular flexibility index (Phi) is 8.35. The van der Waals surface area contributed by atoms with Crippen molar-refractivity contribution in [3.05, 3.63) is 11.8 Å². The first-order valence-electron chi connectivity index (χ1n) is 5.59. The molecule has 84 valence electrons. The van der Waals surface area contributed by atoms with E-state index in [1.165, 1.54) is 31.5 Å². The van der Waals surface area contributed by atoms with E-state index in [1.54, 1.807) is 0 Å². The highest BCUT2D eigenvalue weighted by atomic mass is 79.9. The van der Waals surface area contributed by atoms with E-state index >= 15 is 0 Å². The molecule has 0 radical (unpaired) electrons. The van der Waals surface area contributed by atoms with Crippen molar-refractivity contribution in [2.45, 2.75) is 53.0 Å². The summed E-state index contributed by atoms with van der Waals surface area (Å²) in [7, 11) is 0. The summed E-state index contributed by atoms with van der Waals surface area (Å²) >= 11 is 3.46. The van der Waals surface area contributed by atoms with Crippen LogP contribution in [-0.4, -0.2) is 22.8 Å². The molecule has 0 aliphatic rings. The van der Waals surface area contributed by atoms with Gasteiger partial charge in [0.1, 0.15) is 0 Å². The molecule has 2 heteroatoms. The van der Waals surface area contributed by atoms with Crippen LogP contribution in [0.2, 0.25) is 0 Å². The first-order chi connectivity index (χ1) is 6.63. The molecule has 0 rings (SSSR count). The maximum absolute atomic E-state index is 3.46. The molecule has 0 aromatic heterocycles. The van der Waals surface area contributed by atoms with Gasteiger partial charge in [0, 0.05) is 23.6 Å². The van der Waals surface area contributed by atoms with Crippen molar-refractivity contribution in [2.75, 3.05) is 11.9 Å². The molecular formula is C12H24BrN. The summed E-state index contributed by atoms with van der Waals surface area (Å²) in [6.45, 7) is 10.0. The Balaban J connectivity index is 3.87. The molecular weight excluding hydrogens is 238 g/mol. The van der Waals surface area contributed by atoms with E-state index < -0.39 is 0 Å². The molecule has 0 atom stereocenters. The highest BCUT2D eigenvalue weighted by Crippen LogP contribution is 2.11. The number of halogens is 1. The Labute approximate surface area is 97.7 Å². The van der Waals surface area contributed by atoms with Crippen LogP contribution in [0, 0.1) is 0 Å². The van der Waals surface area contributed by atoms with Crippen LogP contribution in [0.3, 0.4) is 0 Å². The zero-order valence-electron chi connectivity index (χ0n) is 10.0. The topological polar surface area (TPSA) is 3.24 Å². The van der Waals surface area contributed by atoms with Gasteiger partial charge in [0.15, 0.2) is 0 Å². The van der Waals surface area contributed by atoms with E-state index in [-0.39, 0.29) is 0 Å². The molecule has 0 spiro atoms. The lowest BCUT2D eigenvalue weighted by Crippen LogP contribution is -2.30. The highest BCUT2D eigenvalue weighted by Gasteiger charge is 2.07. The number of alkyl halides is 1. The third kappa shape index (κ3) is 5.69. The molecule has 0 amide bonds. The van der Waals surface area contributed by atoms with Crippen molar-refractivity contribution < 1.29 is 0 Å². The van der Waals surface area contributed by atoms with Gasteiger partial charge in [0.05, 0.1) is 0 Å². The van der Waals surface area contributed by atoms with E-state index in [1.807, 2.05) is 0 Å². The van der Waals surface area contributed by atoms with Crippen molar-refractivity contribution in [1.82, 2.24) is 4.90 Å². The summed E-state index contributed by atoms with van der Waals surface area (Å²) in [5.74, 6) is 0. The largest absolute Gasteiger partial charge is 0.373 e. The van der Waals surface area contributed by atoms with Crippen molar-refractivity contribution in [3.63, 3.8) is 0 Å². The Morgan fingerprint density at radius 2 is 1.93 bits per heavy atom. The van der Waals surface area contributed by atoms with Gasteiger partial charge in [-0.1, -0.05) is 28.4 Å². The quantitative estimate of drug-likeness (QED) is 0.491. The number of allylic oxidation sites excluding steroid dienone is 2. The van der Waals surface area contributed by atoms with E-state index in [2.05, 4.69) is 54.6 Å². The van der Waals surface area contributed by atoms with Crippen LogP contribution in [0.15, 0.2) is 11.8 Å². The minimum atomic E-state index is 0.621. The molecule has 0 N–H and O–H groups in total. The number of unbranched alkanes of at least 4 members (excludes halogenated alkanes) is 2. The van der Waals surface area contributed by atoms with Crippen molar-refractivity contribution in [3.8, 4) is 0 Å². The lowest BCUT2D eigenvalue weighted by Gasteiger charge is -2.29. The molecule has 0 saturated carbocycles. The van der Waals surface area contributed by atoms with Crippen LogP contribution in [0.25, 0.3) is 0 Å².